The predicted octanol–water partition coefficient (Wildman–Crippen LogP) is 3.86. The predicted molar refractivity (Wildman–Crippen MR) is 80.8 cm³/mol. The van der Waals surface area contributed by atoms with Crippen LogP contribution in [0.4, 0.5) is 0 Å². The third-order valence-electron chi connectivity index (χ3n) is 3.00. The maximum absolute atomic E-state index is 12.3. The van der Waals surface area contributed by atoms with Crippen molar-refractivity contribution in [1.82, 2.24) is 0 Å². The topological polar surface area (TPSA) is 34.1 Å². The lowest BCUT2D eigenvalue weighted by atomic mass is 9.97. The van der Waals surface area contributed by atoms with E-state index in [0.29, 0.717) is 4.90 Å². The molecule has 0 aliphatic rings. The molecule has 1 atom stereocenters. The summed E-state index contributed by atoms with van der Waals surface area (Å²) < 4.78 is 24.7. The zero-order valence-corrected chi connectivity index (χ0v) is 12.7. The van der Waals surface area contributed by atoms with Crippen molar-refractivity contribution in [2.45, 2.75) is 25.7 Å². The first-order valence-electron chi connectivity index (χ1n) is 6.44. The summed E-state index contributed by atoms with van der Waals surface area (Å²) in [5.74, 6) is 0.411. The van der Waals surface area contributed by atoms with E-state index in [-0.39, 0.29) is 17.6 Å². The Kier molecular flexibility index (Phi) is 5.55. The van der Waals surface area contributed by atoms with Crippen molar-refractivity contribution in [2.75, 3.05) is 5.75 Å². The fraction of sp³-hybridized carbons (Fsp3) is 0.375. The van der Waals surface area contributed by atoms with Gasteiger partial charge in [-0.25, -0.2) is 8.42 Å². The molecular weight excluding hydrogens is 256 g/mol. The Morgan fingerprint density at radius 2 is 1.84 bits per heavy atom. The van der Waals surface area contributed by atoms with Crippen molar-refractivity contribution >= 4 is 9.84 Å². The summed E-state index contributed by atoms with van der Waals surface area (Å²) in [5.41, 5.74) is 0.933. The second-order valence-corrected chi connectivity index (χ2v) is 7.24. The third-order valence-corrected chi connectivity index (χ3v) is 4.81. The van der Waals surface area contributed by atoms with Crippen LogP contribution in [0.25, 0.3) is 0 Å². The molecule has 1 aromatic carbocycles. The van der Waals surface area contributed by atoms with Crippen LogP contribution in [0.2, 0.25) is 0 Å². The van der Waals surface area contributed by atoms with Crippen LogP contribution in [0, 0.1) is 11.8 Å². The molecule has 2 nitrogen and oxygen atoms in total. The van der Waals surface area contributed by atoms with Gasteiger partial charge in [-0.1, -0.05) is 56.4 Å². The molecule has 19 heavy (non-hydrogen) atoms. The quantitative estimate of drug-likeness (QED) is 0.740. The highest BCUT2D eigenvalue weighted by atomic mass is 32.2. The standard InChI is InChI=1S/C16H22O2S/c1-13(2)10-11-15(14(3)4)12-19(17,18)16-8-6-5-7-9-16/h5-11,14-15H,1,12H2,2-4H3/b11-10+. The molecule has 1 rings (SSSR count). The van der Waals surface area contributed by atoms with Gasteiger partial charge in [-0.3, -0.25) is 0 Å². The minimum absolute atomic E-state index is 0.00176. The maximum Gasteiger partial charge on any atom is 0.178 e. The first kappa shape index (κ1) is 15.7. The van der Waals surface area contributed by atoms with Crippen LogP contribution in [0.5, 0.6) is 0 Å². The average Bonchev–Trinajstić information content (AvgIpc) is 2.35. The lowest BCUT2D eigenvalue weighted by molar-refractivity contribution is 0.494. The Balaban J connectivity index is 2.94. The van der Waals surface area contributed by atoms with Gasteiger partial charge in [0.2, 0.25) is 0 Å². The van der Waals surface area contributed by atoms with Crippen molar-refractivity contribution in [3.05, 3.63) is 54.6 Å². The van der Waals surface area contributed by atoms with Crippen LogP contribution in [-0.4, -0.2) is 14.2 Å². The third kappa shape index (κ3) is 5.03. The van der Waals surface area contributed by atoms with Crippen molar-refractivity contribution in [3.8, 4) is 0 Å². The molecule has 0 spiro atoms. The van der Waals surface area contributed by atoms with Gasteiger partial charge in [-0.15, -0.1) is 0 Å². The van der Waals surface area contributed by atoms with Gasteiger partial charge in [0.1, 0.15) is 0 Å². The molecule has 0 radical (unpaired) electrons. The summed E-state index contributed by atoms with van der Waals surface area (Å²) in [6, 6.07) is 8.62. The van der Waals surface area contributed by atoms with Crippen LogP contribution < -0.4 is 0 Å². The maximum atomic E-state index is 12.3. The lowest BCUT2D eigenvalue weighted by Crippen LogP contribution is -2.19. The van der Waals surface area contributed by atoms with E-state index in [1.54, 1.807) is 24.3 Å². The summed E-state index contributed by atoms with van der Waals surface area (Å²) in [6.45, 7) is 9.78. The molecule has 104 valence electrons. The molecule has 0 bridgehead atoms. The van der Waals surface area contributed by atoms with Crippen LogP contribution >= 0.6 is 0 Å². The SMILES string of the molecule is C=C(C)/C=C/C(CS(=O)(=O)c1ccccc1)C(C)C. The van der Waals surface area contributed by atoms with Crippen molar-refractivity contribution in [3.63, 3.8) is 0 Å². The highest BCUT2D eigenvalue weighted by Gasteiger charge is 2.21. The smallest absolute Gasteiger partial charge is 0.178 e. The van der Waals surface area contributed by atoms with E-state index in [1.807, 2.05) is 39.0 Å². The molecular formula is C16H22O2S. The molecule has 0 aliphatic carbocycles. The van der Waals surface area contributed by atoms with E-state index in [9.17, 15) is 8.42 Å². The highest BCUT2D eigenvalue weighted by Crippen LogP contribution is 2.20. The molecule has 0 N–H and O–H groups in total. The van der Waals surface area contributed by atoms with Crippen LogP contribution in [-0.2, 0) is 9.84 Å². The van der Waals surface area contributed by atoms with Crippen molar-refractivity contribution in [1.29, 1.82) is 0 Å². The Morgan fingerprint density at radius 1 is 1.26 bits per heavy atom. The molecule has 1 aromatic rings. The van der Waals surface area contributed by atoms with Crippen molar-refractivity contribution in [2.24, 2.45) is 11.8 Å². The number of sulfone groups is 1. The Labute approximate surface area is 116 Å². The number of benzene rings is 1. The molecule has 1 unspecified atom stereocenters. The molecule has 0 fully saturated rings. The van der Waals surface area contributed by atoms with Gasteiger partial charge >= 0.3 is 0 Å². The Morgan fingerprint density at radius 3 is 2.32 bits per heavy atom. The highest BCUT2D eigenvalue weighted by molar-refractivity contribution is 7.91. The molecule has 0 heterocycles. The van der Waals surface area contributed by atoms with Crippen LogP contribution in [0.1, 0.15) is 20.8 Å². The molecule has 0 aliphatic heterocycles. The van der Waals surface area contributed by atoms with Crippen LogP contribution in [0.3, 0.4) is 0 Å². The fourth-order valence-corrected chi connectivity index (χ4v) is 3.50. The first-order valence-corrected chi connectivity index (χ1v) is 8.09. The van der Waals surface area contributed by atoms with Gasteiger partial charge in [0.15, 0.2) is 9.84 Å². The van der Waals surface area contributed by atoms with E-state index in [0.717, 1.165) is 5.57 Å². The second-order valence-electron chi connectivity index (χ2n) is 5.21. The second kappa shape index (κ2) is 6.71. The zero-order chi connectivity index (χ0) is 14.5. The first-order chi connectivity index (χ1) is 8.83. The van der Waals surface area contributed by atoms with E-state index < -0.39 is 9.84 Å². The summed E-state index contributed by atoms with van der Waals surface area (Å²) in [5, 5.41) is 0. The average molecular weight is 278 g/mol. The summed E-state index contributed by atoms with van der Waals surface area (Å²) in [6.07, 6.45) is 3.85. The number of allylic oxidation sites excluding steroid dienone is 3. The van der Waals surface area contributed by atoms with Gasteiger partial charge < -0.3 is 0 Å². The molecule has 0 saturated carbocycles. The molecule has 3 heteroatoms. The summed E-state index contributed by atoms with van der Waals surface area (Å²) in [4.78, 5) is 0.393. The van der Waals surface area contributed by atoms with E-state index in [4.69, 9.17) is 0 Å². The van der Waals surface area contributed by atoms with Crippen molar-refractivity contribution < 1.29 is 8.42 Å². The largest absolute Gasteiger partial charge is 0.224 e. The minimum atomic E-state index is -3.23. The van der Waals surface area contributed by atoms with E-state index in [2.05, 4.69) is 6.58 Å². The summed E-state index contributed by atoms with van der Waals surface area (Å²) >= 11 is 0. The zero-order valence-electron chi connectivity index (χ0n) is 11.8. The van der Waals surface area contributed by atoms with Gasteiger partial charge in [-0.2, -0.15) is 0 Å². The van der Waals surface area contributed by atoms with Gasteiger partial charge in [0.05, 0.1) is 10.6 Å². The number of hydrogen-bond donors (Lipinski definition) is 0. The Bertz CT molecular complexity index is 539. The van der Waals surface area contributed by atoms with Gasteiger partial charge in [-0.05, 0) is 30.9 Å². The van der Waals surface area contributed by atoms with Gasteiger partial charge in [0, 0.05) is 0 Å². The van der Waals surface area contributed by atoms with Crippen LogP contribution in [0.15, 0.2) is 59.5 Å². The lowest BCUT2D eigenvalue weighted by Gasteiger charge is -2.17. The van der Waals surface area contributed by atoms with Gasteiger partial charge in [0.25, 0.3) is 0 Å². The van der Waals surface area contributed by atoms with E-state index >= 15 is 0 Å². The Hall–Kier alpha value is -1.35. The normalized spacial score (nSPS) is 13.9. The minimum Gasteiger partial charge on any atom is -0.224 e. The molecule has 0 saturated heterocycles. The van der Waals surface area contributed by atoms with E-state index in [1.165, 1.54) is 0 Å². The monoisotopic (exact) mass is 278 g/mol. The fourth-order valence-electron chi connectivity index (χ4n) is 1.74. The number of rotatable bonds is 6. The molecule has 0 aromatic heterocycles. The summed E-state index contributed by atoms with van der Waals surface area (Å²) in [7, 11) is -3.23. The molecule has 0 amide bonds. The number of hydrogen-bond acceptors (Lipinski definition) is 2.